The van der Waals surface area contributed by atoms with Crippen LogP contribution in [0.4, 0.5) is 5.95 Å². The number of aliphatic hydroxyl groups is 1. The van der Waals surface area contributed by atoms with E-state index in [1.54, 1.807) is 0 Å². The van der Waals surface area contributed by atoms with Crippen LogP contribution in [0.3, 0.4) is 0 Å². The van der Waals surface area contributed by atoms with Gasteiger partial charge in [-0.2, -0.15) is 5.10 Å². The molecule has 2 atom stereocenters. The van der Waals surface area contributed by atoms with Gasteiger partial charge in [0, 0.05) is 6.54 Å². The van der Waals surface area contributed by atoms with Crippen LogP contribution in [-0.2, 0) is 6.54 Å². The number of nitrogens with zero attached hydrogens (tertiary/aromatic N) is 4. The minimum Gasteiger partial charge on any atom is -0.391 e. The topological polar surface area (TPSA) is 81.9 Å². The van der Waals surface area contributed by atoms with Gasteiger partial charge in [0.25, 0.3) is 0 Å². The molecule has 0 bridgehead atoms. The molecule has 0 saturated heterocycles. The Labute approximate surface area is 112 Å². The minimum absolute atomic E-state index is 0.0279. The fraction of sp³-hybridized carbons (Fsp3) is 0.692. The number of hydrogen-bond acceptors (Lipinski definition) is 4. The summed E-state index contributed by atoms with van der Waals surface area (Å²) in [7, 11) is 0. The molecule has 1 aliphatic carbocycles. The molecule has 1 fully saturated rings. The molecule has 0 aromatic carbocycles. The number of hydrogen-bond donors (Lipinski definition) is 2. The van der Waals surface area contributed by atoms with Crippen LogP contribution >= 0.6 is 0 Å². The molecule has 0 radical (unpaired) electrons. The first-order chi connectivity index (χ1) is 9.13. The number of nitrogens with two attached hydrogens (primary N) is 1. The molecule has 1 aliphatic rings. The predicted molar refractivity (Wildman–Crippen MR) is 73.9 cm³/mol. The standard InChI is InChI=1S/C13H21N5O/c1-3-17-12-11(8(2)16-17)15-13(14)18(12)9-6-4-5-7-10(9)19/h9-10,19H,3-7H2,1-2H3,(H2,14,15). The normalized spacial score (nSPS) is 24.2. The second kappa shape index (κ2) is 4.52. The Morgan fingerprint density at radius 1 is 1.37 bits per heavy atom. The molecule has 3 N–H and O–H groups in total. The Kier molecular flexibility index (Phi) is 2.97. The largest absolute Gasteiger partial charge is 0.391 e. The molecule has 0 amide bonds. The molecule has 2 unspecified atom stereocenters. The smallest absolute Gasteiger partial charge is 0.202 e. The summed E-state index contributed by atoms with van der Waals surface area (Å²) < 4.78 is 3.91. The van der Waals surface area contributed by atoms with Crippen molar-refractivity contribution in [1.82, 2.24) is 19.3 Å². The lowest BCUT2D eigenvalue weighted by Crippen LogP contribution is -2.29. The summed E-state index contributed by atoms with van der Waals surface area (Å²) in [5.41, 5.74) is 8.78. The maximum Gasteiger partial charge on any atom is 0.202 e. The van der Waals surface area contributed by atoms with E-state index in [4.69, 9.17) is 5.73 Å². The van der Waals surface area contributed by atoms with E-state index < -0.39 is 0 Å². The van der Waals surface area contributed by atoms with Gasteiger partial charge in [0.1, 0.15) is 5.52 Å². The monoisotopic (exact) mass is 263 g/mol. The van der Waals surface area contributed by atoms with Crippen molar-refractivity contribution in [3.63, 3.8) is 0 Å². The van der Waals surface area contributed by atoms with Crippen LogP contribution in [-0.4, -0.2) is 30.5 Å². The molecule has 2 aromatic rings. The highest BCUT2D eigenvalue weighted by molar-refractivity contribution is 5.77. The fourth-order valence-electron chi connectivity index (χ4n) is 3.15. The third kappa shape index (κ3) is 1.82. The number of rotatable bonds is 2. The molecule has 3 rings (SSSR count). The molecule has 1 saturated carbocycles. The van der Waals surface area contributed by atoms with Crippen LogP contribution in [0.25, 0.3) is 11.2 Å². The van der Waals surface area contributed by atoms with Crippen molar-refractivity contribution in [3.8, 4) is 0 Å². The maximum atomic E-state index is 10.3. The van der Waals surface area contributed by atoms with Crippen molar-refractivity contribution in [2.75, 3.05) is 5.73 Å². The van der Waals surface area contributed by atoms with Crippen molar-refractivity contribution in [3.05, 3.63) is 5.69 Å². The molecule has 2 heterocycles. The lowest BCUT2D eigenvalue weighted by atomic mass is 9.92. The second-order valence-corrected chi connectivity index (χ2v) is 5.33. The summed E-state index contributed by atoms with van der Waals surface area (Å²) in [6.45, 7) is 4.78. The fourth-order valence-corrected chi connectivity index (χ4v) is 3.15. The lowest BCUT2D eigenvalue weighted by molar-refractivity contribution is 0.0777. The first-order valence-electron chi connectivity index (χ1n) is 7.02. The first-order valence-corrected chi connectivity index (χ1v) is 7.02. The van der Waals surface area contributed by atoms with Gasteiger partial charge in [-0.15, -0.1) is 0 Å². The van der Waals surface area contributed by atoms with Crippen molar-refractivity contribution in [1.29, 1.82) is 0 Å². The summed E-state index contributed by atoms with van der Waals surface area (Å²) in [6.07, 6.45) is 3.66. The Morgan fingerprint density at radius 2 is 2.11 bits per heavy atom. The highest BCUT2D eigenvalue weighted by Crippen LogP contribution is 2.34. The second-order valence-electron chi connectivity index (χ2n) is 5.33. The van der Waals surface area contributed by atoms with E-state index >= 15 is 0 Å². The van der Waals surface area contributed by atoms with E-state index in [1.807, 2.05) is 16.2 Å². The number of aromatic nitrogens is 4. The van der Waals surface area contributed by atoms with Crippen LogP contribution in [0.5, 0.6) is 0 Å². The number of imidazole rings is 1. The van der Waals surface area contributed by atoms with Crippen molar-refractivity contribution in [2.24, 2.45) is 0 Å². The zero-order valence-corrected chi connectivity index (χ0v) is 11.5. The van der Waals surface area contributed by atoms with Crippen LogP contribution in [0, 0.1) is 6.92 Å². The predicted octanol–water partition coefficient (Wildman–Crippen LogP) is 1.62. The molecule has 0 spiro atoms. The zero-order chi connectivity index (χ0) is 13.6. The zero-order valence-electron chi connectivity index (χ0n) is 11.5. The summed E-state index contributed by atoms with van der Waals surface area (Å²) in [5, 5.41) is 14.7. The third-order valence-corrected chi connectivity index (χ3v) is 4.10. The summed E-state index contributed by atoms with van der Waals surface area (Å²) in [6, 6.07) is 0.0279. The van der Waals surface area contributed by atoms with Crippen molar-refractivity contribution >= 4 is 17.1 Å². The molecule has 2 aromatic heterocycles. The van der Waals surface area contributed by atoms with Crippen LogP contribution in [0.15, 0.2) is 0 Å². The van der Waals surface area contributed by atoms with Crippen molar-refractivity contribution < 1.29 is 5.11 Å². The van der Waals surface area contributed by atoms with Gasteiger partial charge in [-0.1, -0.05) is 12.8 Å². The van der Waals surface area contributed by atoms with Crippen LogP contribution in [0.1, 0.15) is 44.3 Å². The molecule has 104 valence electrons. The molecule has 19 heavy (non-hydrogen) atoms. The molecule has 6 nitrogen and oxygen atoms in total. The third-order valence-electron chi connectivity index (χ3n) is 4.10. The van der Waals surface area contributed by atoms with E-state index in [2.05, 4.69) is 17.0 Å². The number of aliphatic hydroxyl groups excluding tert-OH is 1. The maximum absolute atomic E-state index is 10.3. The number of aryl methyl sites for hydroxylation is 2. The van der Waals surface area contributed by atoms with Gasteiger partial charge in [-0.3, -0.25) is 4.57 Å². The molecule has 6 heteroatoms. The Bertz CT molecular complexity index is 600. The Balaban J connectivity index is 2.18. The van der Waals surface area contributed by atoms with E-state index in [0.29, 0.717) is 5.95 Å². The Morgan fingerprint density at radius 3 is 2.79 bits per heavy atom. The number of nitrogen functional groups attached to an aromatic ring is 1. The highest BCUT2D eigenvalue weighted by Gasteiger charge is 2.29. The quantitative estimate of drug-likeness (QED) is 0.862. The lowest BCUT2D eigenvalue weighted by Gasteiger charge is -2.29. The summed E-state index contributed by atoms with van der Waals surface area (Å²) in [5.74, 6) is 0.489. The van der Waals surface area contributed by atoms with E-state index in [-0.39, 0.29) is 12.1 Å². The van der Waals surface area contributed by atoms with Crippen LogP contribution in [0.2, 0.25) is 0 Å². The minimum atomic E-state index is -0.339. The van der Waals surface area contributed by atoms with E-state index in [0.717, 1.165) is 49.1 Å². The first kappa shape index (κ1) is 12.5. The molecule has 0 aliphatic heterocycles. The highest BCUT2D eigenvalue weighted by atomic mass is 16.3. The van der Waals surface area contributed by atoms with Crippen molar-refractivity contribution in [2.45, 2.75) is 58.2 Å². The SMILES string of the molecule is CCn1nc(C)c2nc(N)n(C3CCCCC3O)c21. The Hall–Kier alpha value is -1.56. The average molecular weight is 263 g/mol. The van der Waals surface area contributed by atoms with Gasteiger partial charge in [-0.25, -0.2) is 9.67 Å². The van der Waals surface area contributed by atoms with Gasteiger partial charge in [0.15, 0.2) is 5.65 Å². The summed E-state index contributed by atoms with van der Waals surface area (Å²) in [4.78, 5) is 4.44. The van der Waals surface area contributed by atoms with Gasteiger partial charge < -0.3 is 10.8 Å². The van der Waals surface area contributed by atoms with Gasteiger partial charge in [0.05, 0.1) is 17.8 Å². The van der Waals surface area contributed by atoms with Gasteiger partial charge in [-0.05, 0) is 26.7 Å². The number of fused-ring (bicyclic) bond motifs is 1. The van der Waals surface area contributed by atoms with Crippen LogP contribution < -0.4 is 5.73 Å². The molecular formula is C13H21N5O. The molecular weight excluding hydrogens is 242 g/mol. The van der Waals surface area contributed by atoms with Gasteiger partial charge >= 0.3 is 0 Å². The van der Waals surface area contributed by atoms with Gasteiger partial charge in [0.2, 0.25) is 5.95 Å². The summed E-state index contributed by atoms with van der Waals surface area (Å²) >= 11 is 0. The van der Waals surface area contributed by atoms with E-state index in [9.17, 15) is 5.11 Å². The average Bonchev–Trinajstić information content (AvgIpc) is 2.88. The van der Waals surface area contributed by atoms with E-state index in [1.165, 1.54) is 0 Å². The number of anilines is 1.